The van der Waals surface area contributed by atoms with E-state index in [0.717, 1.165) is 16.4 Å². The summed E-state index contributed by atoms with van der Waals surface area (Å²) in [7, 11) is -0.452. The van der Waals surface area contributed by atoms with Crippen molar-refractivity contribution in [1.29, 1.82) is 0 Å². The molecule has 138 valence electrons. The first-order chi connectivity index (χ1) is 12.2. The van der Waals surface area contributed by atoms with Crippen LogP contribution in [0.5, 0.6) is 5.75 Å². The number of nitrogens with one attached hydrogen (secondary N) is 1. The predicted octanol–water partition coefficient (Wildman–Crippen LogP) is 4.23. The third-order valence-corrected chi connectivity index (χ3v) is 6.80. The van der Waals surface area contributed by atoms with E-state index in [1.54, 1.807) is 25.1 Å². The molecule has 0 aliphatic carbocycles. The summed E-state index contributed by atoms with van der Waals surface area (Å²) in [4.78, 5) is 4.65. The van der Waals surface area contributed by atoms with Crippen molar-refractivity contribution in [1.82, 2.24) is 9.55 Å². The van der Waals surface area contributed by atoms with Crippen molar-refractivity contribution in [2.24, 2.45) is 7.05 Å². The Morgan fingerprint density at radius 2 is 2.00 bits per heavy atom. The molecule has 0 atom stereocenters. The van der Waals surface area contributed by atoms with Gasteiger partial charge in [-0.3, -0.25) is 4.72 Å². The van der Waals surface area contributed by atoms with Crippen LogP contribution in [0.3, 0.4) is 0 Å². The van der Waals surface area contributed by atoms with Gasteiger partial charge in [0.25, 0.3) is 10.0 Å². The summed E-state index contributed by atoms with van der Waals surface area (Å²) in [6.07, 6.45) is 0. The number of hydrogen-bond acceptors (Lipinski definition) is 5. The predicted molar refractivity (Wildman–Crippen MR) is 105 cm³/mol. The molecule has 6 nitrogen and oxygen atoms in total. The Balaban J connectivity index is 1.98. The van der Waals surface area contributed by atoms with Gasteiger partial charge in [-0.1, -0.05) is 11.6 Å². The Hall–Kier alpha value is -2.03. The van der Waals surface area contributed by atoms with Crippen LogP contribution >= 0.6 is 22.9 Å². The average molecular weight is 412 g/mol. The van der Waals surface area contributed by atoms with E-state index in [9.17, 15) is 8.42 Å². The minimum absolute atomic E-state index is 0.204. The van der Waals surface area contributed by atoms with E-state index in [1.807, 2.05) is 23.9 Å². The van der Waals surface area contributed by atoms with Crippen molar-refractivity contribution < 1.29 is 13.2 Å². The van der Waals surface area contributed by atoms with Crippen LogP contribution < -0.4 is 9.46 Å². The molecule has 2 heterocycles. The Morgan fingerprint density at radius 3 is 2.58 bits per heavy atom. The fourth-order valence-corrected chi connectivity index (χ4v) is 5.01. The summed E-state index contributed by atoms with van der Waals surface area (Å²) >= 11 is 7.56. The lowest BCUT2D eigenvalue weighted by atomic mass is 10.3. The summed E-state index contributed by atoms with van der Waals surface area (Å²) in [5.41, 5.74) is 2.65. The second-order valence-electron chi connectivity index (χ2n) is 5.79. The van der Waals surface area contributed by atoms with E-state index in [0.29, 0.717) is 22.2 Å². The summed E-state index contributed by atoms with van der Waals surface area (Å²) in [5, 5.41) is 3.04. The molecule has 9 heteroatoms. The average Bonchev–Trinajstić information content (AvgIpc) is 3.12. The van der Waals surface area contributed by atoms with E-state index in [-0.39, 0.29) is 4.90 Å². The summed E-state index contributed by atoms with van der Waals surface area (Å²) in [6, 6.07) is 6.37. The molecule has 0 radical (unpaired) electrons. The van der Waals surface area contributed by atoms with Gasteiger partial charge in [0.1, 0.15) is 15.7 Å². The van der Waals surface area contributed by atoms with Crippen molar-refractivity contribution in [2.75, 3.05) is 11.8 Å². The fourth-order valence-electron chi connectivity index (χ4n) is 2.56. The van der Waals surface area contributed by atoms with Crippen LogP contribution in [-0.2, 0) is 17.1 Å². The van der Waals surface area contributed by atoms with E-state index in [1.165, 1.54) is 24.5 Å². The van der Waals surface area contributed by atoms with Crippen LogP contribution in [0.1, 0.15) is 11.4 Å². The van der Waals surface area contributed by atoms with Gasteiger partial charge in [-0.15, -0.1) is 11.3 Å². The van der Waals surface area contributed by atoms with Gasteiger partial charge in [-0.2, -0.15) is 0 Å². The van der Waals surface area contributed by atoms with E-state index < -0.39 is 10.0 Å². The lowest BCUT2D eigenvalue weighted by Crippen LogP contribution is -2.13. The van der Waals surface area contributed by atoms with Crippen molar-refractivity contribution in [3.05, 3.63) is 46.1 Å². The molecule has 2 aromatic heterocycles. The summed E-state index contributed by atoms with van der Waals surface area (Å²) < 4.78 is 35.2. The Bertz CT molecular complexity index is 1070. The molecule has 0 amide bonds. The monoisotopic (exact) mass is 411 g/mol. The molecule has 26 heavy (non-hydrogen) atoms. The Kier molecular flexibility index (Phi) is 5.01. The normalized spacial score (nSPS) is 11.6. The maximum Gasteiger partial charge on any atom is 0.263 e. The maximum atomic E-state index is 12.9. The lowest BCUT2D eigenvalue weighted by molar-refractivity contribution is 0.415. The fraction of sp³-hybridized carbons (Fsp3) is 0.235. The largest absolute Gasteiger partial charge is 0.495 e. The second kappa shape index (κ2) is 6.94. The van der Waals surface area contributed by atoms with Gasteiger partial charge in [-0.25, -0.2) is 13.4 Å². The first kappa shape index (κ1) is 18.8. The number of anilines is 1. The minimum Gasteiger partial charge on any atom is -0.495 e. The highest BCUT2D eigenvalue weighted by Crippen LogP contribution is 2.32. The highest BCUT2D eigenvalue weighted by Gasteiger charge is 2.23. The van der Waals surface area contributed by atoms with Gasteiger partial charge in [0.05, 0.1) is 23.5 Å². The van der Waals surface area contributed by atoms with E-state index in [4.69, 9.17) is 16.3 Å². The molecule has 3 aromatic rings. The molecular weight excluding hydrogens is 394 g/mol. The maximum absolute atomic E-state index is 12.9. The molecule has 0 unspecified atom stereocenters. The van der Waals surface area contributed by atoms with Crippen LogP contribution in [0.2, 0.25) is 5.02 Å². The molecule has 0 saturated heterocycles. The molecule has 0 saturated carbocycles. The quantitative estimate of drug-likeness (QED) is 0.681. The number of aryl methyl sites for hydroxylation is 1. The summed E-state index contributed by atoms with van der Waals surface area (Å²) in [5.74, 6) is 0.479. The molecule has 0 fully saturated rings. The number of ether oxygens (including phenoxy) is 1. The first-order valence-corrected chi connectivity index (χ1v) is 10.4. The second-order valence-corrected chi connectivity index (χ2v) is 8.70. The van der Waals surface area contributed by atoms with Crippen molar-refractivity contribution >= 4 is 38.6 Å². The zero-order chi connectivity index (χ0) is 19.1. The van der Waals surface area contributed by atoms with Crippen molar-refractivity contribution in [3.63, 3.8) is 0 Å². The SMILES string of the molecule is COc1ccc(NS(=O)(=O)c2cc(-c3nc(C)cs3)n(C)c2C)cc1Cl. The Morgan fingerprint density at radius 1 is 1.27 bits per heavy atom. The van der Waals surface area contributed by atoms with Crippen LogP contribution in [-0.4, -0.2) is 25.1 Å². The number of rotatable bonds is 5. The molecule has 0 aliphatic heterocycles. The third-order valence-electron chi connectivity index (χ3n) is 4.02. The smallest absolute Gasteiger partial charge is 0.263 e. The first-order valence-electron chi connectivity index (χ1n) is 7.68. The van der Waals surface area contributed by atoms with Crippen molar-refractivity contribution in [2.45, 2.75) is 18.7 Å². The number of hydrogen-bond donors (Lipinski definition) is 1. The highest BCUT2D eigenvalue weighted by atomic mass is 35.5. The van der Waals surface area contributed by atoms with Gasteiger partial charge in [0, 0.05) is 23.8 Å². The number of methoxy groups -OCH3 is 1. The molecule has 0 aliphatic rings. The molecule has 0 spiro atoms. The van der Waals surface area contributed by atoms with Crippen LogP contribution in [0.4, 0.5) is 5.69 Å². The van der Waals surface area contributed by atoms with Crippen molar-refractivity contribution in [3.8, 4) is 16.5 Å². The van der Waals surface area contributed by atoms with Gasteiger partial charge >= 0.3 is 0 Å². The molecule has 0 bridgehead atoms. The van der Waals surface area contributed by atoms with E-state index in [2.05, 4.69) is 9.71 Å². The standard InChI is InChI=1S/C17H18ClN3O3S2/c1-10-9-25-17(19-10)14-8-16(11(2)21(14)3)26(22,23)20-12-5-6-15(24-4)13(18)7-12/h5-9,20H,1-4H3. The van der Waals surface area contributed by atoms with Crippen LogP contribution in [0.15, 0.2) is 34.5 Å². The highest BCUT2D eigenvalue weighted by molar-refractivity contribution is 7.92. The van der Waals surface area contributed by atoms with Crippen LogP contribution in [0.25, 0.3) is 10.7 Å². The zero-order valence-electron chi connectivity index (χ0n) is 14.7. The molecule has 3 rings (SSSR count). The summed E-state index contributed by atoms with van der Waals surface area (Å²) in [6.45, 7) is 3.67. The van der Waals surface area contributed by atoms with Gasteiger partial charge in [-0.05, 0) is 38.1 Å². The molecule has 1 N–H and O–H groups in total. The lowest BCUT2D eigenvalue weighted by Gasteiger charge is -2.10. The topological polar surface area (TPSA) is 73.2 Å². The number of aromatic nitrogens is 2. The minimum atomic E-state index is -3.78. The third kappa shape index (κ3) is 3.44. The number of thiazole rings is 1. The molecule has 1 aromatic carbocycles. The van der Waals surface area contributed by atoms with Crippen LogP contribution in [0, 0.1) is 13.8 Å². The van der Waals surface area contributed by atoms with E-state index >= 15 is 0 Å². The zero-order valence-corrected chi connectivity index (χ0v) is 17.1. The van der Waals surface area contributed by atoms with Gasteiger partial charge < -0.3 is 9.30 Å². The number of nitrogens with zero attached hydrogens (tertiary/aromatic N) is 2. The Labute approximate surface area is 161 Å². The number of sulfonamides is 1. The number of halogens is 1. The molecular formula is C17H18ClN3O3S2. The van der Waals surface area contributed by atoms with Gasteiger partial charge in [0.15, 0.2) is 0 Å². The number of benzene rings is 1. The van der Waals surface area contributed by atoms with Gasteiger partial charge in [0.2, 0.25) is 0 Å².